The maximum atomic E-state index is 11.7. The lowest BCUT2D eigenvalue weighted by atomic mass is 10.1. The van der Waals surface area contributed by atoms with Crippen LogP contribution in [0.1, 0.15) is 40.5 Å². The van der Waals surface area contributed by atoms with Crippen molar-refractivity contribution in [2.24, 2.45) is 0 Å². The molecule has 1 fully saturated rings. The van der Waals surface area contributed by atoms with Gasteiger partial charge in [0.1, 0.15) is 0 Å². The molecule has 2 atom stereocenters. The third-order valence-electron chi connectivity index (χ3n) is 5.62. The standard InChI is InChI=1S/C23H30O4Si/c1-18(24)23(25)16-15-19(27-23)17-26-28(22(2,3)4,20-11-7-5-8-12-20)21-13-9-6-10-14-21/h5-14,19,25H,15-17H2,1-4H3/t19-,23?/m0/s1. The second-order valence-corrected chi connectivity index (χ2v) is 12.9. The van der Waals surface area contributed by atoms with Crippen molar-refractivity contribution in [3.8, 4) is 0 Å². The van der Waals surface area contributed by atoms with E-state index in [-0.39, 0.29) is 16.9 Å². The van der Waals surface area contributed by atoms with Gasteiger partial charge in [-0.3, -0.25) is 4.79 Å². The van der Waals surface area contributed by atoms with Crippen LogP contribution in [0.4, 0.5) is 0 Å². The Hall–Kier alpha value is -1.79. The van der Waals surface area contributed by atoms with Gasteiger partial charge in [-0.2, -0.15) is 0 Å². The minimum atomic E-state index is -2.64. The summed E-state index contributed by atoms with van der Waals surface area (Å²) in [4.78, 5) is 11.7. The Morgan fingerprint density at radius 3 is 2.00 bits per heavy atom. The van der Waals surface area contributed by atoms with Crippen LogP contribution in [-0.2, 0) is 14.0 Å². The van der Waals surface area contributed by atoms with Gasteiger partial charge in [-0.25, -0.2) is 0 Å². The van der Waals surface area contributed by atoms with E-state index in [1.165, 1.54) is 17.3 Å². The first-order valence-corrected chi connectivity index (χ1v) is 11.8. The first-order valence-electron chi connectivity index (χ1n) is 9.85. The lowest BCUT2D eigenvalue weighted by Gasteiger charge is -2.43. The summed E-state index contributed by atoms with van der Waals surface area (Å²) in [6.07, 6.45) is 0.626. The molecule has 1 aliphatic rings. The highest BCUT2D eigenvalue weighted by molar-refractivity contribution is 6.99. The third-order valence-corrected chi connectivity index (χ3v) is 10.6. The summed E-state index contributed by atoms with van der Waals surface area (Å²) in [6.45, 7) is 8.39. The molecule has 150 valence electrons. The fourth-order valence-corrected chi connectivity index (χ4v) is 8.70. The predicted molar refractivity (Wildman–Crippen MR) is 113 cm³/mol. The lowest BCUT2D eigenvalue weighted by molar-refractivity contribution is -0.198. The number of rotatable bonds is 6. The van der Waals surface area contributed by atoms with Crippen LogP contribution in [0.25, 0.3) is 0 Å². The van der Waals surface area contributed by atoms with Crippen LogP contribution < -0.4 is 10.4 Å². The van der Waals surface area contributed by atoms with Gasteiger partial charge in [0, 0.05) is 13.3 Å². The summed E-state index contributed by atoms with van der Waals surface area (Å²) < 4.78 is 12.5. The van der Waals surface area contributed by atoms with Crippen LogP contribution in [0.15, 0.2) is 60.7 Å². The molecule has 0 aromatic heterocycles. The molecule has 2 aromatic carbocycles. The Labute approximate surface area is 168 Å². The summed E-state index contributed by atoms with van der Waals surface area (Å²) in [7, 11) is -2.64. The smallest absolute Gasteiger partial charge is 0.261 e. The minimum Gasteiger partial charge on any atom is -0.405 e. The number of Topliss-reactive ketones (excluding diaryl/α,β-unsaturated/α-hetero) is 1. The van der Waals surface area contributed by atoms with E-state index in [1.807, 2.05) is 12.1 Å². The zero-order chi connectivity index (χ0) is 20.4. The Balaban J connectivity index is 1.97. The highest BCUT2D eigenvalue weighted by Gasteiger charge is 2.51. The van der Waals surface area contributed by atoms with Crippen molar-refractivity contribution in [1.82, 2.24) is 0 Å². The van der Waals surface area contributed by atoms with E-state index in [0.29, 0.717) is 19.4 Å². The van der Waals surface area contributed by atoms with Crippen LogP contribution >= 0.6 is 0 Å². The van der Waals surface area contributed by atoms with Gasteiger partial charge < -0.3 is 14.3 Å². The van der Waals surface area contributed by atoms with Crippen molar-refractivity contribution in [2.45, 2.75) is 57.5 Å². The molecule has 0 radical (unpaired) electrons. The van der Waals surface area contributed by atoms with Gasteiger partial charge in [-0.15, -0.1) is 0 Å². The predicted octanol–water partition coefficient (Wildman–Crippen LogP) is 3.02. The number of aliphatic hydroxyl groups is 1. The second kappa shape index (κ2) is 7.91. The molecule has 0 spiro atoms. The SMILES string of the molecule is CC(=O)C1(O)CC[C@@H](CO[Si](c2ccccc2)(c2ccccc2)C(C)(C)C)O1. The average Bonchev–Trinajstić information content (AvgIpc) is 3.06. The molecule has 2 aromatic rings. The molecule has 4 nitrogen and oxygen atoms in total. The summed E-state index contributed by atoms with van der Waals surface area (Å²) >= 11 is 0. The Bertz CT molecular complexity index is 761. The summed E-state index contributed by atoms with van der Waals surface area (Å²) in [6, 6.07) is 20.8. The Kier molecular flexibility index (Phi) is 5.91. The van der Waals surface area contributed by atoms with Crippen LogP contribution in [0.2, 0.25) is 5.04 Å². The van der Waals surface area contributed by atoms with Crippen LogP contribution in [0, 0.1) is 0 Å². The van der Waals surface area contributed by atoms with Crippen molar-refractivity contribution < 1.29 is 19.1 Å². The number of carbonyl (C=O) groups is 1. The molecule has 1 N–H and O–H groups in total. The zero-order valence-corrected chi connectivity index (χ0v) is 18.1. The topological polar surface area (TPSA) is 55.8 Å². The Morgan fingerprint density at radius 2 is 1.61 bits per heavy atom. The fourth-order valence-electron chi connectivity index (χ4n) is 4.11. The van der Waals surface area contributed by atoms with E-state index in [4.69, 9.17) is 9.16 Å². The monoisotopic (exact) mass is 398 g/mol. The van der Waals surface area contributed by atoms with Gasteiger partial charge in [-0.05, 0) is 21.8 Å². The van der Waals surface area contributed by atoms with Crippen LogP contribution in [0.3, 0.4) is 0 Å². The molecule has 1 heterocycles. The van der Waals surface area contributed by atoms with Gasteiger partial charge >= 0.3 is 0 Å². The fraction of sp³-hybridized carbons (Fsp3) is 0.435. The highest BCUT2D eigenvalue weighted by atomic mass is 28.4. The maximum absolute atomic E-state index is 11.7. The number of ether oxygens (including phenoxy) is 1. The van der Waals surface area contributed by atoms with E-state index in [2.05, 4.69) is 69.3 Å². The molecule has 5 heteroatoms. The molecule has 0 aliphatic carbocycles. The second-order valence-electron chi connectivity index (χ2n) is 8.59. The third kappa shape index (κ3) is 3.85. The minimum absolute atomic E-state index is 0.120. The molecule has 1 unspecified atom stereocenters. The lowest BCUT2D eigenvalue weighted by Crippen LogP contribution is -2.67. The van der Waals surface area contributed by atoms with E-state index in [0.717, 1.165) is 0 Å². The van der Waals surface area contributed by atoms with Crippen molar-refractivity contribution in [3.63, 3.8) is 0 Å². The number of ketones is 1. The van der Waals surface area contributed by atoms with Gasteiger partial charge in [0.2, 0.25) is 5.79 Å². The van der Waals surface area contributed by atoms with Crippen LogP contribution in [0.5, 0.6) is 0 Å². The van der Waals surface area contributed by atoms with Crippen molar-refractivity contribution in [1.29, 1.82) is 0 Å². The summed E-state index contributed by atoms with van der Waals surface area (Å²) in [5.41, 5.74) is 0. The summed E-state index contributed by atoms with van der Waals surface area (Å²) in [5, 5.41) is 12.6. The molecule has 1 saturated heterocycles. The molecule has 3 rings (SSSR count). The highest BCUT2D eigenvalue weighted by Crippen LogP contribution is 2.38. The maximum Gasteiger partial charge on any atom is 0.261 e. The number of carbonyl (C=O) groups excluding carboxylic acids is 1. The normalized spacial score (nSPS) is 23.0. The quantitative estimate of drug-likeness (QED) is 0.760. The molecule has 1 aliphatic heterocycles. The molecule has 0 amide bonds. The Morgan fingerprint density at radius 1 is 1.11 bits per heavy atom. The molecular formula is C23H30O4Si. The van der Waals surface area contributed by atoms with E-state index in [9.17, 15) is 9.90 Å². The molecular weight excluding hydrogens is 368 g/mol. The zero-order valence-electron chi connectivity index (χ0n) is 17.1. The number of hydrogen-bond donors (Lipinski definition) is 1. The number of benzene rings is 2. The largest absolute Gasteiger partial charge is 0.405 e. The van der Waals surface area contributed by atoms with Crippen molar-refractivity contribution >= 4 is 24.5 Å². The van der Waals surface area contributed by atoms with Crippen LogP contribution in [-0.4, -0.2) is 37.7 Å². The average molecular weight is 399 g/mol. The van der Waals surface area contributed by atoms with Gasteiger partial charge in [0.15, 0.2) is 5.78 Å². The summed E-state index contributed by atoms with van der Waals surface area (Å²) in [5.74, 6) is -2.01. The van der Waals surface area contributed by atoms with E-state index >= 15 is 0 Å². The first kappa shape index (κ1) is 20.9. The van der Waals surface area contributed by atoms with Crippen molar-refractivity contribution in [2.75, 3.05) is 6.61 Å². The van der Waals surface area contributed by atoms with Gasteiger partial charge in [0.05, 0.1) is 12.7 Å². The van der Waals surface area contributed by atoms with E-state index in [1.54, 1.807) is 0 Å². The number of hydrogen-bond acceptors (Lipinski definition) is 4. The molecule has 0 bridgehead atoms. The van der Waals surface area contributed by atoms with Gasteiger partial charge in [0.25, 0.3) is 8.32 Å². The van der Waals surface area contributed by atoms with Crippen molar-refractivity contribution in [3.05, 3.63) is 60.7 Å². The van der Waals surface area contributed by atoms with Gasteiger partial charge in [-0.1, -0.05) is 81.4 Å². The molecule has 28 heavy (non-hydrogen) atoms. The van der Waals surface area contributed by atoms with E-state index < -0.39 is 14.1 Å². The first-order chi connectivity index (χ1) is 13.2. The molecule has 0 saturated carbocycles.